The third kappa shape index (κ3) is 3.50. The minimum atomic E-state index is -1.30. The van der Waals surface area contributed by atoms with Gasteiger partial charge in [-0.15, -0.1) is 0 Å². The molecule has 7 heteroatoms. The van der Waals surface area contributed by atoms with E-state index in [4.69, 9.17) is 4.74 Å². The van der Waals surface area contributed by atoms with Gasteiger partial charge in [0.25, 0.3) is 0 Å². The van der Waals surface area contributed by atoms with E-state index in [1.165, 1.54) is 0 Å². The van der Waals surface area contributed by atoms with Crippen molar-refractivity contribution in [2.75, 3.05) is 13.1 Å². The van der Waals surface area contributed by atoms with Crippen LogP contribution >= 0.6 is 0 Å². The first-order valence-electron chi connectivity index (χ1n) is 8.27. The Kier molecular flexibility index (Phi) is 4.74. The Bertz CT molecular complexity index is 722. The molecular weight excluding hydrogens is 322 g/mol. The Hall–Kier alpha value is -2.83. The maximum atomic E-state index is 12.6. The van der Waals surface area contributed by atoms with Gasteiger partial charge in [-0.25, -0.2) is 4.79 Å². The van der Waals surface area contributed by atoms with Crippen molar-refractivity contribution in [3.8, 4) is 5.75 Å². The molecule has 2 aromatic rings. The number of carboxylic acid groups (broad SMARTS) is 1. The summed E-state index contributed by atoms with van der Waals surface area (Å²) in [5, 5.41) is 13.8. The highest BCUT2D eigenvalue weighted by Crippen LogP contribution is 2.30. The minimum Gasteiger partial charge on any atom is -0.478 e. The van der Waals surface area contributed by atoms with Crippen molar-refractivity contribution in [2.24, 2.45) is 0 Å². The van der Waals surface area contributed by atoms with Gasteiger partial charge in [0.15, 0.2) is 0 Å². The highest BCUT2D eigenvalue weighted by atomic mass is 16.5. The van der Waals surface area contributed by atoms with Crippen molar-refractivity contribution in [3.63, 3.8) is 0 Å². The lowest BCUT2D eigenvalue weighted by Gasteiger charge is -2.39. The van der Waals surface area contributed by atoms with Crippen LogP contribution in [0, 0.1) is 0 Å². The quantitative estimate of drug-likeness (QED) is 0.897. The molecule has 0 unspecified atom stereocenters. The second-order valence-electron chi connectivity index (χ2n) is 6.20. The molecule has 1 fully saturated rings. The lowest BCUT2D eigenvalue weighted by Crippen LogP contribution is -2.55. The van der Waals surface area contributed by atoms with Gasteiger partial charge in [-0.1, -0.05) is 18.2 Å². The summed E-state index contributed by atoms with van der Waals surface area (Å²) in [6, 6.07) is 10.3. The average Bonchev–Trinajstić information content (AvgIpc) is 3.16. The summed E-state index contributed by atoms with van der Waals surface area (Å²) in [6.07, 6.45) is 3.86. The average molecular weight is 343 g/mol. The summed E-state index contributed by atoms with van der Waals surface area (Å²) in [5.41, 5.74) is -1.30. The SMILES string of the molecule is C[C@@H](C(=O)N1CCC(Oc2ccccc2)(C(=O)O)CC1)n1cccn1. The Balaban J connectivity index is 1.68. The van der Waals surface area contributed by atoms with Gasteiger partial charge in [-0.05, 0) is 25.1 Å². The van der Waals surface area contributed by atoms with E-state index in [0.29, 0.717) is 18.8 Å². The van der Waals surface area contributed by atoms with E-state index in [0.717, 1.165) is 0 Å². The normalized spacial score (nSPS) is 17.7. The molecule has 132 valence electrons. The van der Waals surface area contributed by atoms with E-state index >= 15 is 0 Å². The zero-order valence-corrected chi connectivity index (χ0v) is 14.0. The second kappa shape index (κ2) is 6.96. The van der Waals surface area contributed by atoms with Crippen LogP contribution < -0.4 is 4.74 Å². The van der Waals surface area contributed by atoms with E-state index in [-0.39, 0.29) is 18.7 Å². The topological polar surface area (TPSA) is 84.7 Å². The van der Waals surface area contributed by atoms with E-state index in [2.05, 4.69) is 5.10 Å². The molecule has 1 amide bonds. The van der Waals surface area contributed by atoms with Gasteiger partial charge in [0.2, 0.25) is 11.5 Å². The van der Waals surface area contributed by atoms with Crippen molar-refractivity contribution in [3.05, 3.63) is 48.8 Å². The first kappa shape index (κ1) is 17.0. The number of rotatable bonds is 5. The first-order valence-corrected chi connectivity index (χ1v) is 8.27. The number of aliphatic carboxylic acids is 1. The van der Waals surface area contributed by atoms with Gasteiger partial charge in [0, 0.05) is 38.3 Å². The van der Waals surface area contributed by atoms with Crippen molar-refractivity contribution in [1.29, 1.82) is 0 Å². The molecule has 25 heavy (non-hydrogen) atoms. The van der Waals surface area contributed by atoms with E-state index in [1.54, 1.807) is 59.2 Å². The van der Waals surface area contributed by atoms with Crippen LogP contribution in [0.4, 0.5) is 0 Å². The van der Waals surface area contributed by atoms with E-state index in [1.807, 2.05) is 6.07 Å². The van der Waals surface area contributed by atoms with Gasteiger partial charge in [0.05, 0.1) is 0 Å². The van der Waals surface area contributed by atoms with Crippen LogP contribution in [0.2, 0.25) is 0 Å². The molecule has 1 aromatic carbocycles. The molecule has 1 saturated heterocycles. The summed E-state index contributed by atoms with van der Waals surface area (Å²) in [6.45, 7) is 2.46. The Morgan fingerprint density at radius 3 is 2.44 bits per heavy atom. The fourth-order valence-corrected chi connectivity index (χ4v) is 3.05. The van der Waals surface area contributed by atoms with E-state index < -0.39 is 17.6 Å². The largest absolute Gasteiger partial charge is 0.478 e. The Morgan fingerprint density at radius 2 is 1.88 bits per heavy atom. The fourth-order valence-electron chi connectivity index (χ4n) is 3.05. The fraction of sp³-hybridized carbons (Fsp3) is 0.389. The number of carbonyl (C=O) groups is 2. The molecule has 3 rings (SSSR count). The second-order valence-corrected chi connectivity index (χ2v) is 6.20. The summed E-state index contributed by atoms with van der Waals surface area (Å²) >= 11 is 0. The van der Waals surface area contributed by atoms with Crippen LogP contribution in [0.15, 0.2) is 48.8 Å². The lowest BCUT2D eigenvalue weighted by atomic mass is 9.90. The Morgan fingerprint density at radius 1 is 1.20 bits per heavy atom. The van der Waals surface area contributed by atoms with Crippen LogP contribution in [0.5, 0.6) is 5.75 Å². The number of amides is 1. The molecule has 0 aliphatic carbocycles. The van der Waals surface area contributed by atoms with Gasteiger partial charge in [-0.3, -0.25) is 9.48 Å². The standard InChI is InChI=1S/C18H21N3O4/c1-14(21-11-5-10-19-21)16(22)20-12-8-18(9-13-20,17(23)24)25-15-6-3-2-4-7-15/h2-7,10-11,14H,8-9,12-13H2,1H3,(H,23,24)/t14-/m0/s1. The highest BCUT2D eigenvalue weighted by Gasteiger charge is 2.45. The number of carboxylic acids is 1. The molecule has 0 spiro atoms. The van der Waals surface area contributed by atoms with Crippen LogP contribution in [0.1, 0.15) is 25.8 Å². The number of nitrogens with zero attached hydrogens (tertiary/aromatic N) is 3. The zero-order valence-electron chi connectivity index (χ0n) is 14.0. The molecule has 0 radical (unpaired) electrons. The van der Waals surface area contributed by atoms with Gasteiger partial charge in [0.1, 0.15) is 11.8 Å². The van der Waals surface area contributed by atoms with Gasteiger partial charge in [-0.2, -0.15) is 5.10 Å². The third-order valence-electron chi connectivity index (χ3n) is 4.61. The van der Waals surface area contributed by atoms with Crippen molar-refractivity contribution in [2.45, 2.75) is 31.4 Å². The monoisotopic (exact) mass is 343 g/mol. The molecule has 1 aliphatic heterocycles. The number of benzene rings is 1. The molecule has 7 nitrogen and oxygen atoms in total. The number of carbonyl (C=O) groups excluding carboxylic acids is 1. The van der Waals surface area contributed by atoms with Crippen molar-refractivity contribution in [1.82, 2.24) is 14.7 Å². The number of hydrogen-bond donors (Lipinski definition) is 1. The molecule has 0 bridgehead atoms. The first-order chi connectivity index (χ1) is 12.0. The van der Waals surface area contributed by atoms with Crippen LogP contribution in [0.25, 0.3) is 0 Å². The smallest absolute Gasteiger partial charge is 0.348 e. The molecule has 2 heterocycles. The van der Waals surface area contributed by atoms with Crippen LogP contribution in [-0.4, -0.2) is 50.4 Å². The van der Waals surface area contributed by atoms with Crippen molar-refractivity contribution < 1.29 is 19.4 Å². The molecule has 0 saturated carbocycles. The predicted molar refractivity (Wildman–Crippen MR) is 90.2 cm³/mol. The van der Waals surface area contributed by atoms with E-state index in [9.17, 15) is 14.7 Å². The predicted octanol–water partition coefficient (Wildman–Crippen LogP) is 1.97. The minimum absolute atomic E-state index is 0.0672. The number of hydrogen-bond acceptors (Lipinski definition) is 4. The van der Waals surface area contributed by atoms with Gasteiger partial charge < -0.3 is 14.7 Å². The lowest BCUT2D eigenvalue weighted by molar-refractivity contribution is -0.162. The zero-order chi connectivity index (χ0) is 17.9. The molecule has 1 N–H and O–H groups in total. The van der Waals surface area contributed by atoms with Crippen LogP contribution in [0.3, 0.4) is 0 Å². The maximum absolute atomic E-state index is 12.6. The summed E-state index contributed by atoms with van der Waals surface area (Å²) in [7, 11) is 0. The molecule has 1 aromatic heterocycles. The maximum Gasteiger partial charge on any atom is 0.348 e. The molecule has 1 atom stereocenters. The number of piperidine rings is 1. The summed E-state index contributed by atoms with van der Waals surface area (Å²) < 4.78 is 7.41. The highest BCUT2D eigenvalue weighted by molar-refractivity contribution is 5.82. The number of aromatic nitrogens is 2. The number of ether oxygens (including phenoxy) is 1. The Labute approximate surface area is 145 Å². The molecule has 1 aliphatic rings. The third-order valence-corrected chi connectivity index (χ3v) is 4.61. The molecular formula is C18H21N3O4. The number of likely N-dealkylation sites (tertiary alicyclic amines) is 1. The number of para-hydroxylation sites is 1. The summed E-state index contributed by atoms with van der Waals surface area (Å²) in [5.74, 6) is -0.541. The van der Waals surface area contributed by atoms with Crippen LogP contribution in [-0.2, 0) is 9.59 Å². The summed E-state index contributed by atoms with van der Waals surface area (Å²) in [4.78, 5) is 26.1. The van der Waals surface area contributed by atoms with Gasteiger partial charge >= 0.3 is 5.97 Å². The van der Waals surface area contributed by atoms with Crippen molar-refractivity contribution >= 4 is 11.9 Å².